The molecule has 3 aliphatic rings. The number of rotatable bonds is 5. The fourth-order valence-corrected chi connectivity index (χ4v) is 4.69. The summed E-state index contributed by atoms with van der Waals surface area (Å²) >= 11 is 0. The van der Waals surface area contributed by atoms with E-state index in [9.17, 15) is 0 Å². The summed E-state index contributed by atoms with van der Waals surface area (Å²) in [5.74, 6) is 0.964. The molecule has 1 heterocycles. The van der Waals surface area contributed by atoms with Gasteiger partial charge in [0, 0.05) is 19.1 Å². The van der Waals surface area contributed by atoms with Gasteiger partial charge in [0.05, 0.1) is 0 Å². The van der Waals surface area contributed by atoms with Crippen molar-refractivity contribution in [2.75, 3.05) is 26.2 Å². The Bertz CT molecular complexity index is 292. The number of nitrogens with one attached hydrogen (secondary N) is 1. The zero-order valence-corrected chi connectivity index (χ0v) is 13.5. The summed E-state index contributed by atoms with van der Waals surface area (Å²) in [5.41, 5.74) is 0.732. The minimum absolute atomic E-state index is 0.732. The first-order chi connectivity index (χ1) is 9.81. The lowest BCUT2D eigenvalue weighted by Gasteiger charge is -2.34. The molecule has 2 nitrogen and oxygen atoms in total. The predicted molar refractivity (Wildman–Crippen MR) is 86.0 cm³/mol. The van der Waals surface area contributed by atoms with Gasteiger partial charge in [-0.1, -0.05) is 32.6 Å². The molecule has 3 rings (SSSR count). The average molecular weight is 278 g/mol. The Morgan fingerprint density at radius 1 is 1.10 bits per heavy atom. The highest BCUT2D eigenvalue weighted by molar-refractivity contribution is 4.96. The molecule has 0 aromatic heterocycles. The van der Waals surface area contributed by atoms with Crippen LogP contribution in [0.4, 0.5) is 0 Å². The minimum atomic E-state index is 0.732. The Kier molecular flexibility index (Phi) is 5.04. The molecule has 2 aliphatic carbocycles. The van der Waals surface area contributed by atoms with Crippen molar-refractivity contribution in [1.82, 2.24) is 10.2 Å². The third kappa shape index (κ3) is 3.76. The Hall–Kier alpha value is -0.0800. The third-order valence-corrected chi connectivity index (χ3v) is 6.03. The van der Waals surface area contributed by atoms with Gasteiger partial charge >= 0.3 is 0 Å². The average Bonchev–Trinajstić information content (AvgIpc) is 3.25. The number of hydrogen-bond acceptors (Lipinski definition) is 2. The van der Waals surface area contributed by atoms with Gasteiger partial charge in [-0.05, 0) is 62.9 Å². The Morgan fingerprint density at radius 3 is 2.60 bits per heavy atom. The van der Waals surface area contributed by atoms with Crippen LogP contribution in [0.25, 0.3) is 0 Å². The van der Waals surface area contributed by atoms with Crippen LogP contribution in [0.5, 0.6) is 0 Å². The van der Waals surface area contributed by atoms with Gasteiger partial charge in [-0.15, -0.1) is 0 Å². The molecule has 0 bridgehead atoms. The SMILES string of the molecule is CCCC1(CN2CCCNC(C3CCCCC3)C2)CC1. The molecule has 1 saturated heterocycles. The summed E-state index contributed by atoms with van der Waals surface area (Å²) in [7, 11) is 0. The van der Waals surface area contributed by atoms with E-state index in [0.717, 1.165) is 17.4 Å². The van der Waals surface area contributed by atoms with Crippen LogP contribution < -0.4 is 5.32 Å². The van der Waals surface area contributed by atoms with Gasteiger partial charge in [-0.25, -0.2) is 0 Å². The normalized spacial score (nSPS) is 31.9. The molecule has 1 N–H and O–H groups in total. The molecule has 1 unspecified atom stereocenters. The van der Waals surface area contributed by atoms with E-state index in [1.807, 2.05) is 0 Å². The van der Waals surface area contributed by atoms with Crippen LogP contribution in [0.3, 0.4) is 0 Å². The van der Waals surface area contributed by atoms with Crippen LogP contribution in [-0.4, -0.2) is 37.1 Å². The smallest absolute Gasteiger partial charge is 0.0223 e. The maximum atomic E-state index is 3.88. The largest absolute Gasteiger partial charge is 0.312 e. The molecule has 0 amide bonds. The summed E-state index contributed by atoms with van der Waals surface area (Å²) in [6.45, 7) is 7.66. The Labute approximate surface area is 125 Å². The van der Waals surface area contributed by atoms with E-state index < -0.39 is 0 Å². The molecule has 116 valence electrons. The Morgan fingerprint density at radius 2 is 1.90 bits per heavy atom. The van der Waals surface area contributed by atoms with Crippen LogP contribution >= 0.6 is 0 Å². The highest BCUT2D eigenvalue weighted by Gasteiger charge is 2.43. The summed E-state index contributed by atoms with van der Waals surface area (Å²) in [4.78, 5) is 2.82. The lowest BCUT2D eigenvalue weighted by atomic mass is 9.83. The van der Waals surface area contributed by atoms with E-state index >= 15 is 0 Å². The second kappa shape index (κ2) is 6.79. The van der Waals surface area contributed by atoms with E-state index in [1.54, 1.807) is 0 Å². The van der Waals surface area contributed by atoms with E-state index in [-0.39, 0.29) is 0 Å². The first-order valence-electron chi connectivity index (χ1n) is 9.27. The second-order valence-corrected chi connectivity index (χ2v) is 7.80. The molecule has 0 aromatic rings. The molecule has 1 atom stereocenters. The lowest BCUT2D eigenvalue weighted by molar-refractivity contribution is 0.175. The maximum Gasteiger partial charge on any atom is 0.0223 e. The molecular weight excluding hydrogens is 244 g/mol. The van der Waals surface area contributed by atoms with Crippen molar-refractivity contribution in [2.45, 2.75) is 77.2 Å². The molecule has 3 fully saturated rings. The molecule has 0 aromatic carbocycles. The highest BCUT2D eigenvalue weighted by Crippen LogP contribution is 2.50. The van der Waals surface area contributed by atoms with Crippen molar-refractivity contribution in [3.63, 3.8) is 0 Å². The van der Waals surface area contributed by atoms with E-state index in [2.05, 4.69) is 17.1 Å². The first kappa shape index (κ1) is 14.8. The molecule has 2 saturated carbocycles. The van der Waals surface area contributed by atoms with Crippen LogP contribution in [0.2, 0.25) is 0 Å². The first-order valence-corrected chi connectivity index (χ1v) is 9.27. The topological polar surface area (TPSA) is 15.3 Å². The van der Waals surface area contributed by atoms with Crippen molar-refractivity contribution in [3.05, 3.63) is 0 Å². The van der Waals surface area contributed by atoms with Crippen LogP contribution in [-0.2, 0) is 0 Å². The highest BCUT2D eigenvalue weighted by atomic mass is 15.2. The van der Waals surface area contributed by atoms with Gasteiger partial charge in [0.25, 0.3) is 0 Å². The summed E-state index contributed by atoms with van der Waals surface area (Å²) in [5, 5.41) is 3.88. The van der Waals surface area contributed by atoms with Crippen molar-refractivity contribution in [3.8, 4) is 0 Å². The van der Waals surface area contributed by atoms with Gasteiger partial charge in [-0.2, -0.15) is 0 Å². The van der Waals surface area contributed by atoms with Crippen LogP contribution in [0.15, 0.2) is 0 Å². The zero-order valence-electron chi connectivity index (χ0n) is 13.5. The van der Waals surface area contributed by atoms with Crippen molar-refractivity contribution < 1.29 is 0 Å². The van der Waals surface area contributed by atoms with Gasteiger partial charge in [-0.3, -0.25) is 0 Å². The molecule has 1 aliphatic heterocycles. The van der Waals surface area contributed by atoms with Crippen molar-refractivity contribution >= 4 is 0 Å². The standard InChI is InChI=1S/C18H34N2/c1-2-9-18(10-11-18)15-20-13-6-12-19-17(14-20)16-7-4-3-5-8-16/h16-17,19H,2-15H2,1H3. The van der Waals surface area contributed by atoms with E-state index in [0.29, 0.717) is 0 Å². The molecule has 0 radical (unpaired) electrons. The molecule has 0 spiro atoms. The van der Waals surface area contributed by atoms with Crippen molar-refractivity contribution in [2.24, 2.45) is 11.3 Å². The number of hydrogen-bond donors (Lipinski definition) is 1. The summed E-state index contributed by atoms with van der Waals surface area (Å²) in [6.07, 6.45) is 14.6. The molecule has 2 heteroatoms. The minimum Gasteiger partial charge on any atom is -0.312 e. The quantitative estimate of drug-likeness (QED) is 0.822. The molecular formula is C18H34N2. The van der Waals surface area contributed by atoms with Gasteiger partial charge < -0.3 is 10.2 Å². The fraction of sp³-hybridized carbons (Fsp3) is 1.00. The van der Waals surface area contributed by atoms with Gasteiger partial charge in [0.15, 0.2) is 0 Å². The van der Waals surface area contributed by atoms with Gasteiger partial charge in [0.1, 0.15) is 0 Å². The van der Waals surface area contributed by atoms with E-state index in [4.69, 9.17) is 0 Å². The third-order valence-electron chi connectivity index (χ3n) is 6.03. The van der Waals surface area contributed by atoms with E-state index in [1.165, 1.54) is 90.4 Å². The predicted octanol–water partition coefficient (Wildman–Crippen LogP) is 3.81. The zero-order chi connectivity index (χ0) is 13.8. The fourth-order valence-electron chi connectivity index (χ4n) is 4.69. The van der Waals surface area contributed by atoms with Crippen LogP contribution in [0, 0.1) is 11.3 Å². The molecule has 20 heavy (non-hydrogen) atoms. The second-order valence-electron chi connectivity index (χ2n) is 7.80. The monoisotopic (exact) mass is 278 g/mol. The Balaban J connectivity index is 1.54. The summed E-state index contributed by atoms with van der Waals surface area (Å²) < 4.78 is 0. The summed E-state index contributed by atoms with van der Waals surface area (Å²) in [6, 6.07) is 0.787. The van der Waals surface area contributed by atoms with Gasteiger partial charge in [0.2, 0.25) is 0 Å². The lowest BCUT2D eigenvalue weighted by Crippen LogP contribution is -2.45. The number of nitrogens with zero attached hydrogens (tertiary/aromatic N) is 1. The van der Waals surface area contributed by atoms with Crippen LogP contribution in [0.1, 0.15) is 71.1 Å². The maximum absolute atomic E-state index is 3.88. The van der Waals surface area contributed by atoms with Crippen molar-refractivity contribution in [1.29, 1.82) is 0 Å².